The first kappa shape index (κ1) is 23.6. The van der Waals surface area contributed by atoms with Crippen molar-refractivity contribution in [2.24, 2.45) is 4.99 Å². The van der Waals surface area contributed by atoms with Gasteiger partial charge in [0.1, 0.15) is 0 Å². The molecule has 0 bridgehead atoms. The minimum absolute atomic E-state index is 0. The molecule has 2 N–H and O–H groups in total. The highest BCUT2D eigenvalue weighted by atomic mass is 127. The summed E-state index contributed by atoms with van der Waals surface area (Å²) in [5.41, 5.74) is 1.03. The molecule has 0 aliphatic rings. The molecule has 8 heteroatoms. The van der Waals surface area contributed by atoms with Crippen molar-refractivity contribution in [1.29, 1.82) is 0 Å². The molecular formula is C17H30IN3O4. The zero-order valence-corrected chi connectivity index (χ0v) is 18.0. The van der Waals surface area contributed by atoms with E-state index in [1.807, 2.05) is 19.1 Å². The van der Waals surface area contributed by atoms with Crippen LogP contribution in [0.1, 0.15) is 12.5 Å². The number of rotatable bonds is 10. The average molecular weight is 467 g/mol. The van der Waals surface area contributed by atoms with Crippen LogP contribution >= 0.6 is 24.0 Å². The van der Waals surface area contributed by atoms with E-state index in [9.17, 15) is 0 Å². The Balaban J connectivity index is 0.00000576. The summed E-state index contributed by atoms with van der Waals surface area (Å²) in [5, 5.41) is 6.47. The van der Waals surface area contributed by atoms with Crippen LogP contribution in [-0.4, -0.2) is 60.6 Å². The van der Waals surface area contributed by atoms with Crippen LogP contribution < -0.4 is 24.8 Å². The van der Waals surface area contributed by atoms with Crippen LogP contribution in [-0.2, 0) is 11.2 Å². The maximum absolute atomic E-state index is 5.49. The molecular weight excluding hydrogens is 437 g/mol. The first-order valence-corrected chi connectivity index (χ1v) is 8.01. The van der Waals surface area contributed by atoms with Crippen LogP contribution in [0.25, 0.3) is 0 Å². The normalized spacial score (nSPS) is 10.7. The Morgan fingerprint density at radius 3 is 2.24 bits per heavy atom. The molecule has 0 saturated heterocycles. The molecule has 0 unspecified atom stereocenters. The number of ether oxygens (including phenoxy) is 4. The van der Waals surface area contributed by atoms with Gasteiger partial charge in [-0.3, -0.25) is 4.99 Å². The van der Waals surface area contributed by atoms with E-state index >= 15 is 0 Å². The van der Waals surface area contributed by atoms with E-state index in [4.69, 9.17) is 18.9 Å². The van der Waals surface area contributed by atoms with Gasteiger partial charge in [-0.2, -0.15) is 0 Å². The molecule has 0 amide bonds. The maximum Gasteiger partial charge on any atom is 0.203 e. The highest BCUT2D eigenvalue weighted by Gasteiger charge is 2.15. The van der Waals surface area contributed by atoms with Gasteiger partial charge in [-0.25, -0.2) is 0 Å². The Kier molecular flexibility index (Phi) is 13.0. The van der Waals surface area contributed by atoms with Crippen molar-refractivity contribution in [2.75, 3.05) is 54.7 Å². The molecule has 0 heterocycles. The topological polar surface area (TPSA) is 73.3 Å². The molecule has 0 aliphatic heterocycles. The second kappa shape index (κ2) is 13.8. The van der Waals surface area contributed by atoms with Gasteiger partial charge in [0.2, 0.25) is 5.75 Å². The molecule has 0 radical (unpaired) electrons. The fourth-order valence-corrected chi connectivity index (χ4v) is 2.28. The van der Waals surface area contributed by atoms with Crippen molar-refractivity contribution >= 4 is 29.9 Å². The number of nitrogens with one attached hydrogen (secondary N) is 2. The SMILES string of the molecule is CCOCCNC(=NC)NCCc1ccc(OC)c(OC)c1OC.I. The van der Waals surface area contributed by atoms with Crippen molar-refractivity contribution in [2.45, 2.75) is 13.3 Å². The quantitative estimate of drug-likeness (QED) is 0.238. The van der Waals surface area contributed by atoms with Crippen molar-refractivity contribution in [3.05, 3.63) is 17.7 Å². The van der Waals surface area contributed by atoms with E-state index in [2.05, 4.69) is 15.6 Å². The third-order valence-corrected chi connectivity index (χ3v) is 3.44. The first-order chi connectivity index (χ1) is 11.7. The van der Waals surface area contributed by atoms with Crippen LogP contribution in [0.4, 0.5) is 0 Å². The Morgan fingerprint density at radius 1 is 1.00 bits per heavy atom. The smallest absolute Gasteiger partial charge is 0.203 e. The summed E-state index contributed by atoms with van der Waals surface area (Å²) < 4.78 is 21.5. The van der Waals surface area contributed by atoms with Gasteiger partial charge in [-0.15, -0.1) is 24.0 Å². The Labute approximate surface area is 167 Å². The summed E-state index contributed by atoms with van der Waals surface area (Å²) in [7, 11) is 6.58. The lowest BCUT2D eigenvalue weighted by Crippen LogP contribution is -2.39. The zero-order chi connectivity index (χ0) is 17.8. The predicted octanol–water partition coefficient (Wildman–Crippen LogP) is 2.07. The Morgan fingerprint density at radius 2 is 1.68 bits per heavy atom. The second-order valence-corrected chi connectivity index (χ2v) is 4.87. The van der Waals surface area contributed by atoms with Crippen molar-refractivity contribution in [3.8, 4) is 17.2 Å². The number of halogens is 1. The van der Waals surface area contributed by atoms with Gasteiger partial charge >= 0.3 is 0 Å². The first-order valence-electron chi connectivity index (χ1n) is 8.01. The lowest BCUT2D eigenvalue weighted by molar-refractivity contribution is 0.152. The zero-order valence-electron chi connectivity index (χ0n) is 15.7. The van der Waals surface area contributed by atoms with Gasteiger partial charge in [0.25, 0.3) is 0 Å². The summed E-state index contributed by atoms with van der Waals surface area (Å²) in [5.74, 6) is 2.70. The van der Waals surface area contributed by atoms with Crippen LogP contribution in [0, 0.1) is 0 Å². The molecule has 0 atom stereocenters. The molecule has 0 saturated carbocycles. The van der Waals surface area contributed by atoms with E-state index in [1.165, 1.54) is 0 Å². The molecule has 1 aromatic carbocycles. The minimum atomic E-state index is 0. The molecule has 144 valence electrons. The van der Waals surface area contributed by atoms with Crippen LogP contribution in [0.15, 0.2) is 17.1 Å². The molecule has 25 heavy (non-hydrogen) atoms. The van der Waals surface area contributed by atoms with E-state index < -0.39 is 0 Å². The number of guanidine groups is 1. The number of hydrogen-bond donors (Lipinski definition) is 2. The average Bonchev–Trinajstić information content (AvgIpc) is 2.62. The second-order valence-electron chi connectivity index (χ2n) is 4.87. The fourth-order valence-electron chi connectivity index (χ4n) is 2.28. The van der Waals surface area contributed by atoms with E-state index in [1.54, 1.807) is 28.4 Å². The predicted molar refractivity (Wildman–Crippen MR) is 111 cm³/mol. The molecule has 0 aliphatic carbocycles. The Hall–Kier alpha value is -1.42. The molecule has 7 nitrogen and oxygen atoms in total. The molecule has 1 aromatic rings. The minimum Gasteiger partial charge on any atom is -0.493 e. The van der Waals surface area contributed by atoms with Crippen LogP contribution in [0.5, 0.6) is 17.2 Å². The highest BCUT2D eigenvalue weighted by molar-refractivity contribution is 14.0. The van der Waals surface area contributed by atoms with Gasteiger partial charge in [0.15, 0.2) is 17.5 Å². The standard InChI is InChI=1S/C17H29N3O4.HI/c1-6-24-12-11-20-17(18-2)19-10-9-13-7-8-14(21-3)16(23-5)15(13)22-4;/h7-8H,6,9-12H2,1-5H3,(H2,18,19,20);1H. The van der Waals surface area contributed by atoms with Crippen molar-refractivity contribution in [1.82, 2.24) is 10.6 Å². The number of nitrogens with zero attached hydrogens (tertiary/aromatic N) is 1. The maximum atomic E-state index is 5.49. The van der Waals surface area contributed by atoms with E-state index in [0.717, 1.165) is 17.9 Å². The highest BCUT2D eigenvalue weighted by Crippen LogP contribution is 2.39. The summed E-state index contributed by atoms with van der Waals surface area (Å²) >= 11 is 0. The van der Waals surface area contributed by atoms with Gasteiger partial charge in [0, 0.05) is 32.3 Å². The lowest BCUT2D eigenvalue weighted by atomic mass is 10.1. The number of benzene rings is 1. The number of hydrogen-bond acceptors (Lipinski definition) is 5. The fraction of sp³-hybridized carbons (Fsp3) is 0.588. The third-order valence-electron chi connectivity index (χ3n) is 3.44. The van der Waals surface area contributed by atoms with Gasteiger partial charge in [-0.1, -0.05) is 6.07 Å². The van der Waals surface area contributed by atoms with Gasteiger partial charge in [-0.05, 0) is 19.4 Å². The third kappa shape index (κ3) is 7.55. The summed E-state index contributed by atoms with van der Waals surface area (Å²) in [6.07, 6.45) is 0.760. The monoisotopic (exact) mass is 467 g/mol. The van der Waals surface area contributed by atoms with Gasteiger partial charge in [0.05, 0.1) is 27.9 Å². The molecule has 0 fully saturated rings. The summed E-state index contributed by atoms with van der Waals surface area (Å²) in [4.78, 5) is 4.18. The molecule has 0 aromatic heterocycles. The molecule has 0 spiro atoms. The molecule has 1 rings (SSSR count). The number of aliphatic imine (C=N–C) groups is 1. The number of methoxy groups -OCH3 is 3. The van der Waals surface area contributed by atoms with Crippen molar-refractivity contribution < 1.29 is 18.9 Å². The van der Waals surface area contributed by atoms with E-state index in [-0.39, 0.29) is 24.0 Å². The van der Waals surface area contributed by atoms with Crippen LogP contribution in [0.3, 0.4) is 0 Å². The van der Waals surface area contributed by atoms with Gasteiger partial charge < -0.3 is 29.6 Å². The summed E-state index contributed by atoms with van der Waals surface area (Å²) in [6, 6.07) is 3.86. The summed E-state index contributed by atoms with van der Waals surface area (Å²) in [6.45, 7) is 4.77. The van der Waals surface area contributed by atoms with E-state index in [0.29, 0.717) is 43.6 Å². The lowest BCUT2D eigenvalue weighted by Gasteiger charge is -2.16. The van der Waals surface area contributed by atoms with Crippen molar-refractivity contribution in [3.63, 3.8) is 0 Å². The Bertz CT molecular complexity index is 527. The van der Waals surface area contributed by atoms with Crippen LogP contribution in [0.2, 0.25) is 0 Å². The largest absolute Gasteiger partial charge is 0.493 e.